The number of β-lactam (4-membered cyclic amide) rings is 1. The average molecular weight is 529 g/mol. The van der Waals surface area contributed by atoms with Gasteiger partial charge in [-0.2, -0.15) is 0 Å². The van der Waals surface area contributed by atoms with E-state index in [9.17, 15) is 28.7 Å². The smallest absolute Gasteiger partial charge is 0.456 e. The lowest BCUT2D eigenvalue weighted by Crippen LogP contribution is -2.68. The van der Waals surface area contributed by atoms with Crippen molar-refractivity contribution in [1.82, 2.24) is 4.90 Å². The first-order valence-electron chi connectivity index (χ1n) is 11.3. The van der Waals surface area contributed by atoms with Crippen LogP contribution >= 0.6 is 0 Å². The summed E-state index contributed by atoms with van der Waals surface area (Å²) in [5, 5.41) is 9.89. The summed E-state index contributed by atoms with van der Waals surface area (Å²) in [5.74, 6) is -2.03. The number of benzene rings is 2. The molecule has 2 unspecified atom stereocenters. The molecule has 2 aromatic rings. The van der Waals surface area contributed by atoms with Crippen LogP contribution in [0.3, 0.4) is 0 Å². The second-order valence-corrected chi connectivity index (χ2v) is 10.2. The number of non-ortho nitro benzene ring substituents is 1. The largest absolute Gasteiger partial charge is 0.508 e. The van der Waals surface area contributed by atoms with Gasteiger partial charge in [-0.1, -0.05) is 30.3 Å². The molecule has 2 aliphatic rings. The predicted octanol–water partition coefficient (Wildman–Crippen LogP) is 3.20. The van der Waals surface area contributed by atoms with E-state index >= 15 is 0 Å². The van der Waals surface area contributed by atoms with Crippen LogP contribution in [0.25, 0.3) is 0 Å². The van der Waals surface area contributed by atoms with Gasteiger partial charge in [0.15, 0.2) is 0 Å². The number of nitrogens with zero attached hydrogens (tertiary/aromatic N) is 2. The molecule has 11 nitrogen and oxygen atoms in total. The molecule has 0 saturated carbocycles. The fourth-order valence-electron chi connectivity index (χ4n) is 4.19. The Morgan fingerprint density at radius 3 is 2.35 bits per heavy atom. The number of carbonyl (C=O) groups excluding carboxylic acids is 3. The minimum absolute atomic E-state index is 0.0236. The maximum atomic E-state index is 13.0. The van der Waals surface area contributed by atoms with Crippen LogP contribution in [0, 0.1) is 16.0 Å². The molecule has 2 aliphatic heterocycles. The van der Waals surface area contributed by atoms with E-state index in [2.05, 4.69) is 0 Å². The Morgan fingerprint density at radius 2 is 1.70 bits per heavy atom. The molecule has 0 N–H and O–H groups in total. The van der Waals surface area contributed by atoms with E-state index in [1.54, 1.807) is 19.1 Å². The summed E-state index contributed by atoms with van der Waals surface area (Å²) in [7, 11) is -1.51. The molecule has 4 atom stereocenters. The third kappa shape index (κ3) is 5.53. The molecule has 4 rings (SSSR count). The first-order chi connectivity index (χ1) is 17.7. The maximum Gasteiger partial charge on any atom is 0.508 e. The Hall–Kier alpha value is -4.06. The van der Waals surface area contributed by atoms with Crippen LogP contribution in [-0.2, 0) is 47.8 Å². The molecule has 0 aromatic heterocycles. The van der Waals surface area contributed by atoms with Crippen LogP contribution in [0.2, 0.25) is 0 Å². The zero-order chi connectivity index (χ0) is 26.7. The molecule has 2 aromatic carbocycles. The van der Waals surface area contributed by atoms with Crippen molar-refractivity contribution < 1.29 is 37.7 Å². The zero-order valence-electron chi connectivity index (χ0n) is 20.0. The molecule has 0 spiro atoms. The minimum atomic E-state index is -1.51. The summed E-state index contributed by atoms with van der Waals surface area (Å²) < 4.78 is 28.6. The van der Waals surface area contributed by atoms with Gasteiger partial charge in [0.25, 0.3) is 5.69 Å². The van der Waals surface area contributed by atoms with E-state index in [1.807, 2.05) is 18.2 Å². The molecular weight excluding hydrogens is 504 g/mol. The SMILES string of the molecule is CC1=C(C(=O)OCc2ccccc2)N2C(=O)[C@H](C(C)OC(=O)OCc3ccc([N+](=O)[O-])cc3)[C@H]2S(=O)C1. The first-order valence-corrected chi connectivity index (χ1v) is 12.7. The lowest BCUT2D eigenvalue weighted by molar-refractivity contribution is -0.384. The second-order valence-electron chi connectivity index (χ2n) is 8.63. The Bertz CT molecular complexity index is 1280. The van der Waals surface area contributed by atoms with Crippen molar-refractivity contribution in [3.05, 3.63) is 87.1 Å². The molecule has 1 amide bonds. The molecule has 12 heteroatoms. The normalized spacial score (nSPS) is 21.4. The van der Waals surface area contributed by atoms with E-state index in [0.29, 0.717) is 11.1 Å². The highest BCUT2D eigenvalue weighted by molar-refractivity contribution is 7.86. The van der Waals surface area contributed by atoms with Crippen molar-refractivity contribution in [3.63, 3.8) is 0 Å². The second kappa shape index (κ2) is 10.9. The van der Waals surface area contributed by atoms with Gasteiger partial charge in [0, 0.05) is 28.7 Å². The lowest BCUT2D eigenvalue weighted by atomic mass is 9.91. The molecular formula is C25H24N2O9S. The van der Waals surface area contributed by atoms with Gasteiger partial charge in [-0.3, -0.25) is 24.0 Å². The van der Waals surface area contributed by atoms with E-state index in [4.69, 9.17) is 14.2 Å². The van der Waals surface area contributed by atoms with Crippen LogP contribution in [0.15, 0.2) is 65.9 Å². The van der Waals surface area contributed by atoms with Crippen molar-refractivity contribution in [1.29, 1.82) is 0 Å². The van der Waals surface area contributed by atoms with E-state index in [1.165, 1.54) is 36.1 Å². The Morgan fingerprint density at radius 1 is 1.08 bits per heavy atom. The number of fused-ring (bicyclic) bond motifs is 1. The number of nitro benzene ring substituents is 1. The number of amides is 1. The highest BCUT2D eigenvalue weighted by Gasteiger charge is 2.59. The highest BCUT2D eigenvalue weighted by atomic mass is 32.2. The third-order valence-electron chi connectivity index (χ3n) is 6.06. The number of ether oxygens (including phenoxy) is 3. The van der Waals surface area contributed by atoms with Crippen molar-refractivity contribution in [2.45, 2.75) is 38.5 Å². The van der Waals surface area contributed by atoms with Crippen LogP contribution < -0.4 is 0 Å². The molecule has 1 fully saturated rings. The van der Waals surface area contributed by atoms with Crippen LogP contribution in [0.4, 0.5) is 10.5 Å². The van der Waals surface area contributed by atoms with Gasteiger partial charge in [-0.15, -0.1) is 0 Å². The summed E-state index contributed by atoms with van der Waals surface area (Å²) in [6.45, 7) is 2.95. The third-order valence-corrected chi connectivity index (χ3v) is 7.82. The number of hydrogen-bond acceptors (Lipinski definition) is 9. The molecule has 0 radical (unpaired) electrons. The van der Waals surface area contributed by atoms with Gasteiger partial charge >= 0.3 is 12.1 Å². The van der Waals surface area contributed by atoms with E-state index < -0.39 is 51.2 Å². The van der Waals surface area contributed by atoms with Crippen LogP contribution in [0.1, 0.15) is 25.0 Å². The van der Waals surface area contributed by atoms with Crippen molar-refractivity contribution in [2.75, 3.05) is 5.75 Å². The van der Waals surface area contributed by atoms with Crippen LogP contribution in [-0.4, -0.2) is 49.3 Å². The molecule has 1 saturated heterocycles. The Balaban J connectivity index is 1.36. The number of nitro groups is 1. The van der Waals surface area contributed by atoms with Gasteiger partial charge < -0.3 is 14.2 Å². The fourth-order valence-corrected chi connectivity index (χ4v) is 6.03. The average Bonchev–Trinajstić information content (AvgIpc) is 2.87. The predicted molar refractivity (Wildman–Crippen MR) is 130 cm³/mol. The summed E-state index contributed by atoms with van der Waals surface area (Å²) in [6.07, 6.45) is -2.02. The Kier molecular flexibility index (Phi) is 7.67. The zero-order valence-corrected chi connectivity index (χ0v) is 20.8. The minimum Gasteiger partial charge on any atom is -0.456 e. The van der Waals surface area contributed by atoms with E-state index in [-0.39, 0.29) is 30.4 Å². The first kappa shape index (κ1) is 26.0. The quantitative estimate of drug-likeness (QED) is 0.218. The molecule has 2 heterocycles. The summed E-state index contributed by atoms with van der Waals surface area (Å²) >= 11 is 0. The summed E-state index contributed by atoms with van der Waals surface area (Å²) in [6, 6.07) is 14.5. The summed E-state index contributed by atoms with van der Waals surface area (Å²) in [5.41, 5.74) is 1.74. The van der Waals surface area contributed by atoms with Crippen molar-refractivity contribution in [2.24, 2.45) is 5.92 Å². The maximum absolute atomic E-state index is 13.0. The monoisotopic (exact) mass is 528 g/mol. The van der Waals surface area contributed by atoms with Gasteiger partial charge in [0.2, 0.25) is 5.91 Å². The summed E-state index contributed by atoms with van der Waals surface area (Å²) in [4.78, 5) is 49.4. The van der Waals surface area contributed by atoms with Gasteiger partial charge in [0.05, 0.1) is 4.92 Å². The number of rotatable bonds is 8. The van der Waals surface area contributed by atoms with Gasteiger partial charge in [0.1, 0.15) is 36.3 Å². The molecule has 0 bridgehead atoms. The number of hydrogen-bond donors (Lipinski definition) is 0. The van der Waals surface area contributed by atoms with Crippen molar-refractivity contribution in [3.8, 4) is 0 Å². The molecule has 0 aliphatic carbocycles. The molecule has 194 valence electrons. The fraction of sp³-hybridized carbons (Fsp3) is 0.320. The van der Waals surface area contributed by atoms with Crippen LogP contribution in [0.5, 0.6) is 0 Å². The molecule has 37 heavy (non-hydrogen) atoms. The van der Waals surface area contributed by atoms with Crippen molar-refractivity contribution >= 4 is 34.5 Å². The topological polar surface area (TPSA) is 142 Å². The Labute approximate surface area is 214 Å². The van der Waals surface area contributed by atoms with E-state index in [0.717, 1.165) is 5.56 Å². The standard InChI is InChI=1S/C25H24N2O9S/c1-15-14-37(33)23-20(16(2)36-25(30)35-13-18-8-10-19(11-9-18)27(31)32)22(28)26(23)21(15)24(29)34-12-17-6-4-3-5-7-17/h3-11,16,20,23H,12-14H2,1-2H3/t16?,20-,23+,37?/m0/s1. The number of esters is 1. The van der Waals surface area contributed by atoms with Gasteiger partial charge in [-0.05, 0) is 42.7 Å². The van der Waals surface area contributed by atoms with Gasteiger partial charge in [-0.25, -0.2) is 9.59 Å². The lowest BCUT2D eigenvalue weighted by Gasteiger charge is -2.50. The number of carbonyl (C=O) groups is 3. The highest BCUT2D eigenvalue weighted by Crippen LogP contribution is 2.41.